The van der Waals surface area contributed by atoms with Crippen molar-refractivity contribution in [1.29, 1.82) is 0 Å². The molecule has 0 amide bonds. The molecule has 1 aliphatic carbocycles. The van der Waals surface area contributed by atoms with Crippen molar-refractivity contribution in [1.82, 2.24) is 4.90 Å². The molecule has 0 atom stereocenters. The van der Waals surface area contributed by atoms with Crippen LogP contribution in [0, 0.1) is 0 Å². The van der Waals surface area contributed by atoms with Gasteiger partial charge in [-0.2, -0.15) is 0 Å². The second kappa shape index (κ2) is 8.74. The number of rotatable bonds is 6. The Morgan fingerprint density at radius 2 is 1.64 bits per heavy atom. The number of methoxy groups -OCH3 is 1. The Balaban J connectivity index is 1.37. The molecule has 1 saturated carbocycles. The monoisotopic (exact) mass is 382 g/mol. The molecule has 150 valence electrons. The maximum atomic E-state index is 9.43. The summed E-state index contributed by atoms with van der Waals surface area (Å²) in [6.45, 7) is 4.95. The van der Waals surface area contributed by atoms with Crippen LogP contribution in [-0.4, -0.2) is 49.4 Å². The predicted molar refractivity (Wildman–Crippen MR) is 111 cm³/mol. The summed E-state index contributed by atoms with van der Waals surface area (Å²) >= 11 is 0. The first kappa shape index (κ1) is 18.9. The van der Waals surface area contributed by atoms with Crippen molar-refractivity contribution in [3.05, 3.63) is 48.0 Å². The minimum Gasteiger partial charge on any atom is -0.508 e. The number of benzene rings is 2. The quantitative estimate of drug-likeness (QED) is 0.817. The Hall–Kier alpha value is -2.40. The lowest BCUT2D eigenvalue weighted by molar-refractivity contribution is 0.200. The lowest BCUT2D eigenvalue weighted by Gasteiger charge is -2.36. The molecule has 0 spiro atoms. The number of phenolic OH excluding ortho intramolecular Hbond substituents is 1. The topological polar surface area (TPSA) is 45.2 Å². The lowest BCUT2D eigenvalue weighted by atomic mass is 10.1. The van der Waals surface area contributed by atoms with Crippen molar-refractivity contribution in [2.45, 2.75) is 38.3 Å². The molecule has 0 unspecified atom stereocenters. The number of nitrogens with zero attached hydrogens (tertiary/aromatic N) is 2. The van der Waals surface area contributed by atoms with E-state index in [4.69, 9.17) is 9.47 Å². The van der Waals surface area contributed by atoms with E-state index in [1.165, 1.54) is 24.1 Å². The van der Waals surface area contributed by atoms with Crippen LogP contribution in [-0.2, 0) is 6.54 Å². The molecule has 0 bridgehead atoms. The van der Waals surface area contributed by atoms with E-state index in [2.05, 4.69) is 21.9 Å². The van der Waals surface area contributed by atoms with Gasteiger partial charge in [0.05, 0.1) is 13.2 Å². The Morgan fingerprint density at radius 1 is 0.929 bits per heavy atom. The van der Waals surface area contributed by atoms with E-state index in [0.29, 0.717) is 11.9 Å². The number of hydrogen-bond acceptors (Lipinski definition) is 5. The van der Waals surface area contributed by atoms with Crippen molar-refractivity contribution in [3.8, 4) is 17.2 Å². The van der Waals surface area contributed by atoms with Gasteiger partial charge in [-0.15, -0.1) is 0 Å². The molecule has 2 aromatic carbocycles. The number of piperazine rings is 1. The first-order valence-corrected chi connectivity index (χ1v) is 10.3. The zero-order valence-electron chi connectivity index (χ0n) is 16.6. The minimum absolute atomic E-state index is 0.323. The van der Waals surface area contributed by atoms with Gasteiger partial charge in [0.25, 0.3) is 0 Å². The van der Waals surface area contributed by atoms with E-state index in [-0.39, 0.29) is 0 Å². The first-order chi connectivity index (χ1) is 13.7. The lowest BCUT2D eigenvalue weighted by Crippen LogP contribution is -2.45. The third kappa shape index (κ3) is 4.53. The van der Waals surface area contributed by atoms with Gasteiger partial charge in [-0.25, -0.2) is 0 Å². The van der Waals surface area contributed by atoms with Crippen LogP contribution in [0.4, 0.5) is 5.69 Å². The third-order valence-corrected chi connectivity index (χ3v) is 5.82. The Kier molecular flexibility index (Phi) is 5.91. The molecule has 2 fully saturated rings. The maximum absolute atomic E-state index is 9.43. The molecule has 2 aromatic rings. The van der Waals surface area contributed by atoms with Crippen LogP contribution in [0.3, 0.4) is 0 Å². The Morgan fingerprint density at radius 3 is 2.32 bits per heavy atom. The summed E-state index contributed by atoms with van der Waals surface area (Å²) in [6.07, 6.45) is 5.13. The summed E-state index contributed by atoms with van der Waals surface area (Å²) in [5.74, 6) is 2.02. The van der Waals surface area contributed by atoms with Crippen LogP contribution in [0.5, 0.6) is 17.2 Å². The van der Waals surface area contributed by atoms with Gasteiger partial charge in [-0.3, -0.25) is 4.90 Å². The van der Waals surface area contributed by atoms with Crippen molar-refractivity contribution < 1.29 is 14.6 Å². The van der Waals surface area contributed by atoms with E-state index in [9.17, 15) is 5.11 Å². The summed E-state index contributed by atoms with van der Waals surface area (Å²) in [7, 11) is 1.71. The van der Waals surface area contributed by atoms with Crippen LogP contribution in [0.25, 0.3) is 0 Å². The predicted octanol–water partition coefficient (Wildman–Crippen LogP) is 4.04. The SMILES string of the molecule is COc1ccc(N2CCN(Cc3ccc(O)cc3)CC2)cc1OC1CCCC1. The van der Waals surface area contributed by atoms with Gasteiger partial charge in [0.15, 0.2) is 11.5 Å². The van der Waals surface area contributed by atoms with Gasteiger partial charge in [0.2, 0.25) is 0 Å². The van der Waals surface area contributed by atoms with Gasteiger partial charge < -0.3 is 19.5 Å². The van der Waals surface area contributed by atoms with Crippen LogP contribution in [0.15, 0.2) is 42.5 Å². The third-order valence-electron chi connectivity index (χ3n) is 5.82. The summed E-state index contributed by atoms with van der Waals surface area (Å²) < 4.78 is 11.8. The van der Waals surface area contributed by atoms with Gasteiger partial charge in [0.1, 0.15) is 5.75 Å². The zero-order chi connectivity index (χ0) is 19.3. The standard InChI is InChI=1S/C23H30N2O3/c1-27-22-11-8-19(16-23(22)28-21-4-2-3-5-21)25-14-12-24(13-15-25)17-18-6-9-20(26)10-7-18/h6-11,16,21,26H,2-5,12-15,17H2,1H3. The van der Waals surface area contributed by atoms with Crippen LogP contribution >= 0.6 is 0 Å². The van der Waals surface area contributed by atoms with Crippen LogP contribution < -0.4 is 14.4 Å². The number of aromatic hydroxyl groups is 1. The van der Waals surface area contributed by atoms with Gasteiger partial charge in [-0.1, -0.05) is 12.1 Å². The number of ether oxygens (including phenoxy) is 2. The fraction of sp³-hybridized carbons (Fsp3) is 0.478. The van der Waals surface area contributed by atoms with Crippen LogP contribution in [0.1, 0.15) is 31.2 Å². The molecule has 1 heterocycles. The molecule has 0 radical (unpaired) electrons. The van der Waals surface area contributed by atoms with Crippen molar-refractivity contribution in [3.63, 3.8) is 0 Å². The zero-order valence-corrected chi connectivity index (χ0v) is 16.6. The van der Waals surface area contributed by atoms with Crippen molar-refractivity contribution >= 4 is 5.69 Å². The molecule has 28 heavy (non-hydrogen) atoms. The molecule has 1 aliphatic heterocycles. The second-order valence-electron chi connectivity index (χ2n) is 7.79. The summed E-state index contributed by atoms with van der Waals surface area (Å²) in [5, 5.41) is 9.43. The Bertz CT molecular complexity index is 764. The largest absolute Gasteiger partial charge is 0.508 e. The van der Waals surface area contributed by atoms with Crippen LogP contribution in [0.2, 0.25) is 0 Å². The molecule has 5 nitrogen and oxygen atoms in total. The first-order valence-electron chi connectivity index (χ1n) is 10.3. The highest BCUT2D eigenvalue weighted by Crippen LogP contribution is 2.35. The van der Waals surface area contributed by atoms with E-state index in [0.717, 1.165) is 57.1 Å². The van der Waals surface area contributed by atoms with E-state index < -0.39 is 0 Å². The van der Waals surface area contributed by atoms with Gasteiger partial charge in [-0.05, 0) is 55.5 Å². The van der Waals surface area contributed by atoms with Crippen molar-refractivity contribution in [2.75, 3.05) is 38.2 Å². The number of anilines is 1. The number of phenols is 1. The normalized spacial score (nSPS) is 18.4. The summed E-state index contributed by atoms with van der Waals surface area (Å²) in [4.78, 5) is 4.89. The van der Waals surface area contributed by atoms with E-state index in [1.807, 2.05) is 18.2 Å². The molecule has 2 aliphatic rings. The fourth-order valence-corrected chi connectivity index (χ4v) is 4.16. The van der Waals surface area contributed by atoms with Crippen molar-refractivity contribution in [2.24, 2.45) is 0 Å². The second-order valence-corrected chi connectivity index (χ2v) is 7.79. The summed E-state index contributed by atoms with van der Waals surface area (Å²) in [6, 6.07) is 13.8. The maximum Gasteiger partial charge on any atom is 0.163 e. The Labute approximate surface area is 167 Å². The molecular formula is C23H30N2O3. The molecule has 1 saturated heterocycles. The van der Waals surface area contributed by atoms with Gasteiger partial charge in [0, 0.05) is 44.5 Å². The molecule has 1 N–H and O–H groups in total. The molecule has 0 aromatic heterocycles. The summed E-state index contributed by atoms with van der Waals surface area (Å²) in [5.41, 5.74) is 2.45. The fourth-order valence-electron chi connectivity index (χ4n) is 4.16. The highest BCUT2D eigenvalue weighted by molar-refractivity contribution is 5.56. The highest BCUT2D eigenvalue weighted by Gasteiger charge is 2.21. The average Bonchev–Trinajstić information content (AvgIpc) is 3.23. The average molecular weight is 383 g/mol. The van der Waals surface area contributed by atoms with Gasteiger partial charge >= 0.3 is 0 Å². The smallest absolute Gasteiger partial charge is 0.163 e. The molecular weight excluding hydrogens is 352 g/mol. The minimum atomic E-state index is 0.323. The van der Waals surface area contributed by atoms with E-state index in [1.54, 1.807) is 19.2 Å². The number of hydrogen-bond donors (Lipinski definition) is 1. The molecule has 4 rings (SSSR count). The highest BCUT2D eigenvalue weighted by atomic mass is 16.5. The van der Waals surface area contributed by atoms with E-state index >= 15 is 0 Å². The molecule has 5 heteroatoms.